The monoisotopic (exact) mass is 324 g/mol. The van der Waals surface area contributed by atoms with Gasteiger partial charge in [0.05, 0.1) is 23.6 Å². The molecule has 6 nitrogen and oxygen atoms in total. The summed E-state index contributed by atoms with van der Waals surface area (Å²) in [6.07, 6.45) is 0.416. The summed E-state index contributed by atoms with van der Waals surface area (Å²) >= 11 is 0. The highest BCUT2D eigenvalue weighted by Gasteiger charge is 2.09. The standard InChI is InChI=1S/C18H16N2O4/c1-10-3-4-11(7-15(10)24-2)8-16-19-14-9-12(18(22)23)5-6-13(14)17(21)20-16/h3-7,9H,8H2,1-2H3,(H,22,23)(H,19,20,21). The van der Waals surface area contributed by atoms with Gasteiger partial charge in [0.25, 0.3) is 5.56 Å². The molecule has 0 aliphatic rings. The van der Waals surface area contributed by atoms with Crippen molar-refractivity contribution in [3.05, 3.63) is 69.3 Å². The Balaban J connectivity index is 2.03. The minimum Gasteiger partial charge on any atom is -0.496 e. The Kier molecular flexibility index (Phi) is 4.04. The highest BCUT2D eigenvalue weighted by atomic mass is 16.5. The van der Waals surface area contributed by atoms with Crippen LogP contribution in [0.1, 0.15) is 27.3 Å². The van der Waals surface area contributed by atoms with Crippen molar-refractivity contribution in [2.24, 2.45) is 0 Å². The largest absolute Gasteiger partial charge is 0.496 e. The Bertz CT molecular complexity index is 992. The Morgan fingerprint density at radius 2 is 2.04 bits per heavy atom. The number of carbonyl (C=O) groups is 1. The van der Waals surface area contributed by atoms with E-state index in [2.05, 4.69) is 9.97 Å². The topological polar surface area (TPSA) is 92.3 Å². The number of nitrogens with zero attached hydrogens (tertiary/aromatic N) is 1. The van der Waals surface area contributed by atoms with Gasteiger partial charge in [-0.2, -0.15) is 0 Å². The van der Waals surface area contributed by atoms with Gasteiger partial charge >= 0.3 is 5.97 Å². The first kappa shape index (κ1) is 15.7. The molecule has 0 spiro atoms. The lowest BCUT2D eigenvalue weighted by Crippen LogP contribution is -2.13. The van der Waals surface area contributed by atoms with Crippen LogP contribution >= 0.6 is 0 Å². The maximum atomic E-state index is 12.2. The average Bonchev–Trinajstić information content (AvgIpc) is 2.56. The molecule has 0 atom stereocenters. The van der Waals surface area contributed by atoms with E-state index in [1.165, 1.54) is 18.2 Å². The number of benzene rings is 2. The number of aryl methyl sites for hydroxylation is 1. The molecule has 0 amide bonds. The first-order valence-electron chi connectivity index (χ1n) is 7.37. The molecule has 122 valence electrons. The summed E-state index contributed by atoms with van der Waals surface area (Å²) in [4.78, 5) is 30.4. The van der Waals surface area contributed by atoms with E-state index < -0.39 is 5.97 Å². The molecule has 6 heteroatoms. The molecule has 2 aromatic carbocycles. The molecule has 2 N–H and O–H groups in total. The number of carboxylic acid groups (broad SMARTS) is 1. The Hall–Kier alpha value is -3.15. The molecule has 1 heterocycles. The summed E-state index contributed by atoms with van der Waals surface area (Å²) in [5, 5.41) is 9.44. The fourth-order valence-electron chi connectivity index (χ4n) is 2.57. The predicted molar refractivity (Wildman–Crippen MR) is 89.9 cm³/mol. The first-order valence-corrected chi connectivity index (χ1v) is 7.37. The number of rotatable bonds is 4. The maximum Gasteiger partial charge on any atom is 0.335 e. The number of hydrogen-bond donors (Lipinski definition) is 2. The van der Waals surface area contributed by atoms with Crippen LogP contribution in [0.5, 0.6) is 5.75 Å². The normalized spacial score (nSPS) is 10.8. The van der Waals surface area contributed by atoms with Gasteiger partial charge in [-0.3, -0.25) is 4.79 Å². The Labute approximate surface area is 137 Å². The van der Waals surface area contributed by atoms with E-state index in [1.54, 1.807) is 7.11 Å². The van der Waals surface area contributed by atoms with E-state index in [-0.39, 0.29) is 11.1 Å². The SMILES string of the molecule is COc1cc(Cc2nc3cc(C(=O)O)ccc3c(=O)[nH]2)ccc1C. The molecule has 0 fully saturated rings. The summed E-state index contributed by atoms with van der Waals surface area (Å²) in [5.74, 6) is 0.188. The van der Waals surface area contributed by atoms with E-state index >= 15 is 0 Å². The lowest BCUT2D eigenvalue weighted by atomic mass is 10.1. The second-order valence-electron chi connectivity index (χ2n) is 5.53. The number of carboxylic acids is 1. The number of aromatic carboxylic acids is 1. The van der Waals surface area contributed by atoms with E-state index in [0.29, 0.717) is 23.1 Å². The van der Waals surface area contributed by atoms with Crippen molar-refractivity contribution in [2.75, 3.05) is 7.11 Å². The first-order chi connectivity index (χ1) is 11.5. The Morgan fingerprint density at radius 3 is 2.75 bits per heavy atom. The van der Waals surface area contributed by atoms with Crippen LogP contribution in [0.25, 0.3) is 10.9 Å². The van der Waals surface area contributed by atoms with Crippen LogP contribution in [0, 0.1) is 6.92 Å². The molecule has 0 saturated carbocycles. The molecular weight excluding hydrogens is 308 g/mol. The number of fused-ring (bicyclic) bond motifs is 1. The summed E-state index contributed by atoms with van der Waals surface area (Å²) in [6, 6.07) is 10.1. The highest BCUT2D eigenvalue weighted by molar-refractivity contribution is 5.92. The highest BCUT2D eigenvalue weighted by Crippen LogP contribution is 2.20. The summed E-state index contributed by atoms with van der Waals surface area (Å²) in [6.45, 7) is 1.95. The molecule has 1 aromatic heterocycles. The quantitative estimate of drug-likeness (QED) is 0.769. The number of ether oxygens (including phenoxy) is 1. The van der Waals surface area contributed by atoms with Gasteiger partial charge < -0.3 is 14.8 Å². The van der Waals surface area contributed by atoms with Crippen LogP contribution in [-0.4, -0.2) is 28.2 Å². The van der Waals surface area contributed by atoms with Crippen LogP contribution in [-0.2, 0) is 6.42 Å². The van der Waals surface area contributed by atoms with Crippen molar-refractivity contribution < 1.29 is 14.6 Å². The lowest BCUT2D eigenvalue weighted by molar-refractivity contribution is 0.0697. The van der Waals surface area contributed by atoms with E-state index in [0.717, 1.165) is 16.9 Å². The number of H-pyrrole nitrogens is 1. The van der Waals surface area contributed by atoms with Crippen LogP contribution in [0.3, 0.4) is 0 Å². The number of methoxy groups -OCH3 is 1. The van der Waals surface area contributed by atoms with Crippen LogP contribution in [0.15, 0.2) is 41.2 Å². The van der Waals surface area contributed by atoms with Gasteiger partial charge in [-0.1, -0.05) is 12.1 Å². The predicted octanol–water partition coefficient (Wildman–Crippen LogP) is 2.53. The second-order valence-corrected chi connectivity index (χ2v) is 5.53. The van der Waals surface area contributed by atoms with Crippen molar-refractivity contribution >= 4 is 16.9 Å². The number of aromatic nitrogens is 2. The molecule has 0 radical (unpaired) electrons. The van der Waals surface area contributed by atoms with Gasteiger partial charge in [0, 0.05) is 6.42 Å². The van der Waals surface area contributed by atoms with Gasteiger partial charge in [-0.25, -0.2) is 9.78 Å². The third-order valence-corrected chi connectivity index (χ3v) is 3.85. The van der Waals surface area contributed by atoms with Gasteiger partial charge in [-0.15, -0.1) is 0 Å². The smallest absolute Gasteiger partial charge is 0.335 e. The second kappa shape index (κ2) is 6.16. The lowest BCUT2D eigenvalue weighted by Gasteiger charge is -2.08. The summed E-state index contributed by atoms with van der Waals surface area (Å²) in [5.41, 5.74) is 2.14. The minimum atomic E-state index is -1.05. The fourth-order valence-corrected chi connectivity index (χ4v) is 2.57. The van der Waals surface area contributed by atoms with E-state index in [1.807, 2.05) is 25.1 Å². The molecule has 0 unspecified atom stereocenters. The molecule has 0 aliphatic carbocycles. The molecule has 0 saturated heterocycles. The van der Waals surface area contributed by atoms with Gasteiger partial charge in [0.15, 0.2) is 0 Å². The molecule has 0 bridgehead atoms. The number of hydrogen-bond acceptors (Lipinski definition) is 4. The van der Waals surface area contributed by atoms with E-state index in [9.17, 15) is 9.59 Å². The Morgan fingerprint density at radius 1 is 1.25 bits per heavy atom. The van der Waals surface area contributed by atoms with Crippen molar-refractivity contribution in [1.82, 2.24) is 9.97 Å². The van der Waals surface area contributed by atoms with E-state index in [4.69, 9.17) is 9.84 Å². The van der Waals surface area contributed by atoms with Gasteiger partial charge in [0.2, 0.25) is 0 Å². The van der Waals surface area contributed by atoms with Crippen molar-refractivity contribution in [1.29, 1.82) is 0 Å². The average molecular weight is 324 g/mol. The zero-order valence-electron chi connectivity index (χ0n) is 13.3. The number of aromatic amines is 1. The third kappa shape index (κ3) is 2.99. The van der Waals surface area contributed by atoms with Crippen molar-refractivity contribution in [3.63, 3.8) is 0 Å². The van der Waals surface area contributed by atoms with Gasteiger partial charge in [0.1, 0.15) is 11.6 Å². The number of nitrogens with one attached hydrogen (secondary N) is 1. The molecular formula is C18H16N2O4. The summed E-state index contributed by atoms with van der Waals surface area (Å²) in [7, 11) is 1.61. The zero-order chi connectivity index (χ0) is 17.3. The van der Waals surface area contributed by atoms with Crippen LogP contribution < -0.4 is 10.3 Å². The third-order valence-electron chi connectivity index (χ3n) is 3.85. The molecule has 0 aliphatic heterocycles. The van der Waals surface area contributed by atoms with Gasteiger partial charge in [-0.05, 0) is 42.3 Å². The van der Waals surface area contributed by atoms with Crippen molar-refractivity contribution in [2.45, 2.75) is 13.3 Å². The fraction of sp³-hybridized carbons (Fsp3) is 0.167. The molecule has 24 heavy (non-hydrogen) atoms. The molecule has 3 aromatic rings. The van der Waals surface area contributed by atoms with Crippen LogP contribution in [0.2, 0.25) is 0 Å². The van der Waals surface area contributed by atoms with Crippen LogP contribution in [0.4, 0.5) is 0 Å². The van der Waals surface area contributed by atoms with Crippen molar-refractivity contribution in [3.8, 4) is 5.75 Å². The summed E-state index contributed by atoms with van der Waals surface area (Å²) < 4.78 is 5.30. The maximum absolute atomic E-state index is 12.2. The minimum absolute atomic E-state index is 0.101. The molecule has 3 rings (SSSR count). The zero-order valence-corrected chi connectivity index (χ0v) is 13.3.